The van der Waals surface area contributed by atoms with Gasteiger partial charge in [-0.2, -0.15) is 0 Å². The number of carbonyl (C=O) groups excluding carboxylic acids is 2. The van der Waals surface area contributed by atoms with Crippen LogP contribution in [0.5, 0.6) is 0 Å². The normalized spacial score (nSPS) is 14.9. The fraction of sp³-hybridized carbons (Fsp3) is 0.364. The van der Waals surface area contributed by atoms with Gasteiger partial charge in [0, 0.05) is 31.7 Å². The summed E-state index contributed by atoms with van der Waals surface area (Å²) in [6.45, 7) is 8.12. The number of hydrogen-bond donors (Lipinski definition) is 0. The number of piperazine rings is 1. The summed E-state index contributed by atoms with van der Waals surface area (Å²) < 4.78 is 13.2. The Morgan fingerprint density at radius 3 is 1.93 bits per heavy atom. The zero-order valence-corrected chi connectivity index (χ0v) is 17.1. The van der Waals surface area contributed by atoms with E-state index in [0.717, 1.165) is 6.07 Å². The van der Waals surface area contributed by atoms with Crippen LogP contribution in [0.25, 0.3) is 0 Å². The molecule has 1 saturated heterocycles. The second kappa shape index (κ2) is 7.92. The van der Waals surface area contributed by atoms with E-state index in [2.05, 4.69) is 20.8 Å². The first-order valence-electron chi connectivity index (χ1n) is 9.31. The molecule has 0 bridgehead atoms. The predicted octanol–water partition coefficient (Wildman–Crippen LogP) is 4.37. The summed E-state index contributed by atoms with van der Waals surface area (Å²) in [5.41, 5.74) is 2.14. The highest BCUT2D eigenvalue weighted by molar-refractivity contribution is 6.33. The highest BCUT2D eigenvalue weighted by Gasteiger charge is 2.26. The molecule has 1 aliphatic heterocycles. The topological polar surface area (TPSA) is 40.6 Å². The fourth-order valence-electron chi connectivity index (χ4n) is 3.24. The molecule has 0 aliphatic carbocycles. The standard InChI is InChI=1S/C22H24ClFN2O2/c1-22(2,3)16-6-4-15(5-7-16)20(27)25-10-12-26(13-11-25)21(28)18-9-8-17(24)14-19(18)23/h4-9,14H,10-13H2,1-3H3. The van der Waals surface area contributed by atoms with E-state index in [9.17, 15) is 14.0 Å². The summed E-state index contributed by atoms with van der Waals surface area (Å²) in [7, 11) is 0. The summed E-state index contributed by atoms with van der Waals surface area (Å²) in [6.07, 6.45) is 0. The molecule has 2 aromatic carbocycles. The zero-order valence-electron chi connectivity index (χ0n) is 16.3. The molecule has 2 amide bonds. The van der Waals surface area contributed by atoms with Crippen LogP contribution >= 0.6 is 11.6 Å². The Morgan fingerprint density at radius 2 is 1.43 bits per heavy atom. The van der Waals surface area contributed by atoms with Crippen LogP contribution in [-0.4, -0.2) is 47.8 Å². The molecule has 0 aromatic heterocycles. The van der Waals surface area contributed by atoms with Crippen molar-refractivity contribution in [3.63, 3.8) is 0 Å². The highest BCUT2D eigenvalue weighted by atomic mass is 35.5. The van der Waals surface area contributed by atoms with Crippen LogP contribution in [0.3, 0.4) is 0 Å². The first kappa shape index (κ1) is 20.3. The van der Waals surface area contributed by atoms with Gasteiger partial charge in [-0.25, -0.2) is 4.39 Å². The van der Waals surface area contributed by atoms with E-state index in [4.69, 9.17) is 11.6 Å². The lowest BCUT2D eigenvalue weighted by molar-refractivity contribution is 0.0535. The van der Waals surface area contributed by atoms with Gasteiger partial charge in [0.2, 0.25) is 0 Å². The van der Waals surface area contributed by atoms with Crippen molar-refractivity contribution in [2.24, 2.45) is 0 Å². The van der Waals surface area contributed by atoms with Gasteiger partial charge in [0.15, 0.2) is 0 Å². The molecular formula is C22H24ClFN2O2. The average molecular weight is 403 g/mol. The molecule has 3 rings (SSSR count). The molecule has 0 spiro atoms. The number of hydrogen-bond acceptors (Lipinski definition) is 2. The Balaban J connectivity index is 1.63. The summed E-state index contributed by atoms with van der Waals surface area (Å²) >= 11 is 6.00. The molecule has 0 N–H and O–H groups in total. The van der Waals surface area contributed by atoms with E-state index in [1.165, 1.54) is 17.7 Å². The van der Waals surface area contributed by atoms with Gasteiger partial charge in [-0.15, -0.1) is 0 Å². The number of benzene rings is 2. The van der Waals surface area contributed by atoms with Crippen molar-refractivity contribution in [2.75, 3.05) is 26.2 Å². The molecule has 1 fully saturated rings. The van der Waals surface area contributed by atoms with Gasteiger partial charge in [-0.1, -0.05) is 44.5 Å². The van der Waals surface area contributed by atoms with Crippen molar-refractivity contribution >= 4 is 23.4 Å². The minimum atomic E-state index is -0.477. The van der Waals surface area contributed by atoms with Crippen LogP contribution in [0, 0.1) is 5.82 Å². The van der Waals surface area contributed by atoms with Crippen LogP contribution in [-0.2, 0) is 5.41 Å². The van der Waals surface area contributed by atoms with E-state index in [1.807, 2.05) is 24.3 Å². The van der Waals surface area contributed by atoms with Crippen LogP contribution in [0.15, 0.2) is 42.5 Å². The minimum absolute atomic E-state index is 0.0348. The Labute approximate surface area is 169 Å². The average Bonchev–Trinajstić information content (AvgIpc) is 2.66. The lowest BCUT2D eigenvalue weighted by Crippen LogP contribution is -2.50. The van der Waals surface area contributed by atoms with E-state index in [0.29, 0.717) is 31.7 Å². The van der Waals surface area contributed by atoms with Gasteiger partial charge in [0.05, 0.1) is 10.6 Å². The van der Waals surface area contributed by atoms with Crippen molar-refractivity contribution in [1.82, 2.24) is 9.80 Å². The molecule has 0 unspecified atom stereocenters. The molecular weight excluding hydrogens is 379 g/mol. The quantitative estimate of drug-likeness (QED) is 0.748. The van der Waals surface area contributed by atoms with E-state index in [-0.39, 0.29) is 27.8 Å². The third kappa shape index (κ3) is 4.36. The SMILES string of the molecule is CC(C)(C)c1ccc(C(=O)N2CCN(C(=O)c3ccc(F)cc3Cl)CC2)cc1. The van der Waals surface area contributed by atoms with E-state index < -0.39 is 5.82 Å². The first-order valence-corrected chi connectivity index (χ1v) is 9.69. The van der Waals surface area contributed by atoms with E-state index in [1.54, 1.807) is 9.80 Å². The van der Waals surface area contributed by atoms with Crippen LogP contribution in [0.4, 0.5) is 4.39 Å². The van der Waals surface area contributed by atoms with Crippen molar-refractivity contribution in [3.05, 3.63) is 70.0 Å². The Bertz CT molecular complexity index is 882. The molecule has 1 aliphatic rings. The van der Waals surface area contributed by atoms with Crippen LogP contribution in [0.2, 0.25) is 5.02 Å². The molecule has 0 radical (unpaired) electrons. The third-order valence-corrected chi connectivity index (χ3v) is 5.33. The summed E-state index contributed by atoms with van der Waals surface area (Å²) in [5, 5.41) is 0.0995. The van der Waals surface area contributed by atoms with Gasteiger partial charge in [0.1, 0.15) is 5.82 Å². The summed E-state index contributed by atoms with van der Waals surface area (Å²) in [6, 6.07) is 11.5. The molecule has 6 heteroatoms. The Kier molecular flexibility index (Phi) is 5.75. The van der Waals surface area contributed by atoms with Gasteiger partial charge in [0.25, 0.3) is 11.8 Å². The third-order valence-electron chi connectivity index (χ3n) is 5.01. The van der Waals surface area contributed by atoms with Crippen LogP contribution < -0.4 is 0 Å². The van der Waals surface area contributed by atoms with Gasteiger partial charge in [-0.3, -0.25) is 9.59 Å². The molecule has 0 saturated carbocycles. The van der Waals surface area contributed by atoms with Crippen molar-refractivity contribution in [1.29, 1.82) is 0 Å². The maximum absolute atomic E-state index is 13.2. The van der Waals surface area contributed by atoms with Crippen molar-refractivity contribution in [3.8, 4) is 0 Å². The monoisotopic (exact) mass is 402 g/mol. The Hall–Kier alpha value is -2.40. The second-order valence-corrected chi connectivity index (χ2v) is 8.44. The molecule has 4 nitrogen and oxygen atoms in total. The van der Waals surface area contributed by atoms with E-state index >= 15 is 0 Å². The summed E-state index contributed by atoms with van der Waals surface area (Å²) in [5.74, 6) is -0.756. The number of nitrogens with zero attached hydrogens (tertiary/aromatic N) is 2. The zero-order chi connectivity index (χ0) is 20.5. The summed E-state index contributed by atoms with van der Waals surface area (Å²) in [4.78, 5) is 28.8. The molecule has 1 heterocycles. The highest BCUT2D eigenvalue weighted by Crippen LogP contribution is 2.23. The predicted molar refractivity (Wildman–Crippen MR) is 108 cm³/mol. The molecule has 28 heavy (non-hydrogen) atoms. The van der Waals surface area contributed by atoms with Crippen LogP contribution in [0.1, 0.15) is 47.1 Å². The number of halogens is 2. The lowest BCUT2D eigenvalue weighted by atomic mass is 9.86. The molecule has 148 valence electrons. The van der Waals surface area contributed by atoms with Gasteiger partial charge in [-0.05, 0) is 41.3 Å². The minimum Gasteiger partial charge on any atom is -0.335 e. The lowest BCUT2D eigenvalue weighted by Gasteiger charge is -2.35. The second-order valence-electron chi connectivity index (χ2n) is 8.04. The number of rotatable bonds is 2. The fourth-order valence-corrected chi connectivity index (χ4v) is 3.49. The van der Waals surface area contributed by atoms with Crippen molar-refractivity contribution < 1.29 is 14.0 Å². The number of carbonyl (C=O) groups is 2. The largest absolute Gasteiger partial charge is 0.335 e. The molecule has 0 atom stereocenters. The smallest absolute Gasteiger partial charge is 0.255 e. The van der Waals surface area contributed by atoms with Crippen molar-refractivity contribution in [2.45, 2.75) is 26.2 Å². The maximum atomic E-state index is 13.2. The number of amides is 2. The molecule has 2 aromatic rings. The first-order chi connectivity index (χ1) is 13.2. The maximum Gasteiger partial charge on any atom is 0.255 e. The van der Waals surface area contributed by atoms with Gasteiger partial charge < -0.3 is 9.80 Å². The van der Waals surface area contributed by atoms with Gasteiger partial charge >= 0.3 is 0 Å². The Morgan fingerprint density at radius 1 is 0.893 bits per heavy atom.